The van der Waals surface area contributed by atoms with Gasteiger partial charge < -0.3 is 14.2 Å². The molecule has 0 aliphatic carbocycles. The summed E-state index contributed by atoms with van der Waals surface area (Å²) in [5.74, 6) is 0.354. The van der Waals surface area contributed by atoms with Crippen molar-refractivity contribution in [2.75, 3.05) is 52.9 Å². The maximum atomic E-state index is 12.3. The number of amides is 3. The molecule has 3 rings (SSSR count). The minimum Gasteiger partial charge on any atom is -0.463 e. The van der Waals surface area contributed by atoms with E-state index in [0.29, 0.717) is 12.3 Å². The fourth-order valence-corrected chi connectivity index (χ4v) is 3.01. The van der Waals surface area contributed by atoms with E-state index in [9.17, 15) is 9.59 Å². The number of carbonyl (C=O) groups is 2. The van der Waals surface area contributed by atoms with Gasteiger partial charge in [-0.2, -0.15) is 5.10 Å². The molecule has 2 saturated heterocycles. The number of hydrogen-bond donors (Lipinski definition) is 0. The molecular formula is C17H25N5O3. The van der Waals surface area contributed by atoms with Gasteiger partial charge in [0, 0.05) is 32.7 Å². The zero-order chi connectivity index (χ0) is 17.6. The van der Waals surface area contributed by atoms with E-state index in [1.54, 1.807) is 12.1 Å². The van der Waals surface area contributed by atoms with E-state index in [1.807, 2.05) is 0 Å². The monoisotopic (exact) mass is 347 g/mol. The average Bonchev–Trinajstić information content (AvgIpc) is 3.21. The molecule has 0 unspecified atom stereocenters. The van der Waals surface area contributed by atoms with E-state index in [4.69, 9.17) is 4.42 Å². The van der Waals surface area contributed by atoms with Crippen LogP contribution in [0.1, 0.15) is 18.6 Å². The van der Waals surface area contributed by atoms with Gasteiger partial charge in [0.2, 0.25) is 0 Å². The number of furan rings is 1. The number of hydrazone groups is 1. The number of rotatable bonds is 7. The highest BCUT2D eigenvalue weighted by Gasteiger charge is 2.35. The molecule has 1 aromatic heterocycles. The van der Waals surface area contributed by atoms with Gasteiger partial charge in [-0.15, -0.1) is 0 Å². The van der Waals surface area contributed by atoms with E-state index < -0.39 is 0 Å². The summed E-state index contributed by atoms with van der Waals surface area (Å²) < 4.78 is 5.13. The molecular weight excluding hydrogens is 322 g/mol. The number of imide groups is 1. The zero-order valence-electron chi connectivity index (χ0n) is 14.6. The van der Waals surface area contributed by atoms with Crippen molar-refractivity contribution < 1.29 is 14.0 Å². The highest BCUT2D eigenvalue weighted by Crippen LogP contribution is 2.12. The molecule has 0 spiro atoms. The van der Waals surface area contributed by atoms with Crippen molar-refractivity contribution in [3.63, 3.8) is 0 Å². The molecule has 0 bridgehead atoms. The summed E-state index contributed by atoms with van der Waals surface area (Å²) in [5, 5.41) is 5.23. The normalized spacial score (nSPS) is 20.4. The lowest BCUT2D eigenvalue weighted by Crippen LogP contribution is -2.44. The van der Waals surface area contributed by atoms with E-state index in [0.717, 1.165) is 45.6 Å². The molecule has 2 aliphatic rings. The van der Waals surface area contributed by atoms with Gasteiger partial charge >= 0.3 is 6.03 Å². The van der Waals surface area contributed by atoms with Gasteiger partial charge in [0.15, 0.2) is 0 Å². The summed E-state index contributed by atoms with van der Waals surface area (Å²) in [7, 11) is 2.14. The third-order valence-corrected chi connectivity index (χ3v) is 4.61. The molecule has 8 nitrogen and oxygen atoms in total. The van der Waals surface area contributed by atoms with Crippen LogP contribution in [-0.2, 0) is 4.79 Å². The lowest BCUT2D eigenvalue weighted by molar-refractivity contribution is -0.125. The Balaban J connectivity index is 1.40. The molecule has 25 heavy (non-hydrogen) atoms. The SMILES string of the molecule is CN1CCN(CCCCN2C(=O)CN(/N=C/c3ccco3)C2=O)CC1. The van der Waals surface area contributed by atoms with Crippen molar-refractivity contribution in [2.45, 2.75) is 12.8 Å². The number of nitrogens with zero attached hydrogens (tertiary/aromatic N) is 5. The number of piperazine rings is 1. The van der Waals surface area contributed by atoms with Gasteiger partial charge in [-0.05, 0) is 38.6 Å². The predicted molar refractivity (Wildman–Crippen MR) is 93.3 cm³/mol. The van der Waals surface area contributed by atoms with Crippen molar-refractivity contribution in [3.8, 4) is 0 Å². The molecule has 0 N–H and O–H groups in total. The maximum absolute atomic E-state index is 12.3. The Morgan fingerprint density at radius 1 is 1.16 bits per heavy atom. The Labute approximate surface area is 147 Å². The minimum atomic E-state index is -0.354. The number of hydrogen-bond acceptors (Lipinski definition) is 6. The summed E-state index contributed by atoms with van der Waals surface area (Å²) in [6, 6.07) is 3.12. The summed E-state index contributed by atoms with van der Waals surface area (Å²) in [4.78, 5) is 30.4. The van der Waals surface area contributed by atoms with Crippen LogP contribution in [0.5, 0.6) is 0 Å². The van der Waals surface area contributed by atoms with Crippen molar-refractivity contribution in [3.05, 3.63) is 24.2 Å². The molecule has 2 aliphatic heterocycles. The fourth-order valence-electron chi connectivity index (χ4n) is 3.01. The van der Waals surface area contributed by atoms with Crippen molar-refractivity contribution >= 4 is 18.2 Å². The standard InChI is InChI=1S/C17H25N5O3/c1-19-8-10-20(11-9-19)6-2-3-7-21-16(23)14-22(17(21)24)18-13-15-5-4-12-25-15/h4-5,12-13H,2-3,6-11,14H2,1H3/b18-13+. The molecule has 3 heterocycles. The maximum Gasteiger partial charge on any atom is 0.347 e. The minimum absolute atomic E-state index is 0.00545. The summed E-state index contributed by atoms with van der Waals surface area (Å²) in [6.45, 7) is 5.86. The highest BCUT2D eigenvalue weighted by atomic mass is 16.3. The van der Waals surface area contributed by atoms with E-state index in [-0.39, 0.29) is 18.5 Å². The van der Waals surface area contributed by atoms with Crippen LogP contribution in [0.25, 0.3) is 0 Å². The second-order valence-electron chi connectivity index (χ2n) is 6.50. The predicted octanol–water partition coefficient (Wildman–Crippen LogP) is 0.905. The van der Waals surface area contributed by atoms with Gasteiger partial charge in [0.05, 0.1) is 12.5 Å². The first kappa shape index (κ1) is 17.6. The Bertz CT molecular complexity index is 608. The van der Waals surface area contributed by atoms with Gasteiger partial charge in [-0.3, -0.25) is 9.69 Å². The van der Waals surface area contributed by atoms with Crippen molar-refractivity contribution in [1.29, 1.82) is 0 Å². The van der Waals surface area contributed by atoms with Crippen LogP contribution >= 0.6 is 0 Å². The smallest absolute Gasteiger partial charge is 0.347 e. The lowest BCUT2D eigenvalue weighted by Gasteiger charge is -2.32. The molecule has 8 heteroatoms. The molecule has 136 valence electrons. The van der Waals surface area contributed by atoms with Gasteiger partial charge in [0.1, 0.15) is 12.3 Å². The number of carbonyl (C=O) groups excluding carboxylic acids is 2. The first-order valence-corrected chi connectivity index (χ1v) is 8.74. The second kappa shape index (κ2) is 8.26. The van der Waals surface area contributed by atoms with Crippen LogP contribution < -0.4 is 0 Å². The number of unbranched alkanes of at least 4 members (excludes halogenated alkanes) is 1. The fraction of sp³-hybridized carbons (Fsp3) is 0.588. The molecule has 0 radical (unpaired) electrons. The first-order chi connectivity index (χ1) is 12.1. The Morgan fingerprint density at radius 2 is 1.92 bits per heavy atom. The van der Waals surface area contributed by atoms with Crippen LogP contribution in [0.2, 0.25) is 0 Å². The summed E-state index contributed by atoms with van der Waals surface area (Å²) >= 11 is 0. The highest BCUT2D eigenvalue weighted by molar-refractivity contribution is 6.02. The van der Waals surface area contributed by atoms with Gasteiger partial charge in [-0.1, -0.05) is 0 Å². The Hall–Kier alpha value is -2.19. The van der Waals surface area contributed by atoms with Crippen LogP contribution in [-0.4, -0.2) is 90.7 Å². The molecule has 1 aromatic rings. The van der Waals surface area contributed by atoms with Crippen LogP contribution in [0, 0.1) is 0 Å². The van der Waals surface area contributed by atoms with E-state index in [1.165, 1.54) is 22.4 Å². The van der Waals surface area contributed by atoms with Crippen LogP contribution in [0.4, 0.5) is 4.79 Å². The second-order valence-corrected chi connectivity index (χ2v) is 6.50. The zero-order valence-corrected chi connectivity index (χ0v) is 14.6. The summed E-state index contributed by atoms with van der Waals surface area (Å²) in [6.07, 6.45) is 4.78. The summed E-state index contributed by atoms with van der Waals surface area (Å²) in [5.41, 5.74) is 0. The van der Waals surface area contributed by atoms with E-state index >= 15 is 0 Å². The van der Waals surface area contributed by atoms with Gasteiger partial charge in [-0.25, -0.2) is 9.80 Å². The van der Waals surface area contributed by atoms with E-state index in [2.05, 4.69) is 21.9 Å². The molecule has 0 aromatic carbocycles. The van der Waals surface area contributed by atoms with Crippen LogP contribution in [0.3, 0.4) is 0 Å². The topological polar surface area (TPSA) is 72.6 Å². The Morgan fingerprint density at radius 3 is 2.64 bits per heavy atom. The number of likely N-dealkylation sites (N-methyl/N-ethyl adjacent to an activating group) is 1. The third-order valence-electron chi connectivity index (χ3n) is 4.61. The van der Waals surface area contributed by atoms with Crippen molar-refractivity contribution in [1.82, 2.24) is 19.7 Å². The number of urea groups is 1. The third kappa shape index (κ3) is 4.67. The Kier molecular flexibility index (Phi) is 5.83. The molecule has 2 fully saturated rings. The molecule has 0 saturated carbocycles. The average molecular weight is 347 g/mol. The molecule has 3 amide bonds. The first-order valence-electron chi connectivity index (χ1n) is 8.74. The lowest BCUT2D eigenvalue weighted by atomic mass is 10.2. The quantitative estimate of drug-likeness (QED) is 0.416. The van der Waals surface area contributed by atoms with Crippen LogP contribution in [0.15, 0.2) is 27.9 Å². The van der Waals surface area contributed by atoms with Crippen molar-refractivity contribution in [2.24, 2.45) is 5.10 Å². The molecule has 0 atom stereocenters. The largest absolute Gasteiger partial charge is 0.463 e. The van der Waals surface area contributed by atoms with Gasteiger partial charge in [0.25, 0.3) is 5.91 Å².